The summed E-state index contributed by atoms with van der Waals surface area (Å²) in [4.78, 5) is 48.4. The molecule has 0 bridgehead atoms. The minimum atomic E-state index is -1.08. The lowest BCUT2D eigenvalue weighted by molar-refractivity contribution is -0.136. The monoisotopic (exact) mass is 402 g/mol. The summed E-state index contributed by atoms with van der Waals surface area (Å²) in [6.45, 7) is 0. The van der Waals surface area contributed by atoms with E-state index < -0.39 is 35.5 Å². The van der Waals surface area contributed by atoms with Crippen molar-refractivity contribution in [3.8, 4) is 0 Å². The van der Waals surface area contributed by atoms with Gasteiger partial charge in [0.1, 0.15) is 11.9 Å². The highest BCUT2D eigenvalue weighted by Crippen LogP contribution is 2.32. The largest absolute Gasteiger partial charge is 0.295 e. The molecular weight excluding hydrogens is 394 g/mol. The summed E-state index contributed by atoms with van der Waals surface area (Å²) in [5.41, 5.74) is -0.332. The molecule has 8 heteroatoms. The lowest BCUT2D eigenvalue weighted by Crippen LogP contribution is -2.54. The van der Waals surface area contributed by atoms with Gasteiger partial charge in [0.2, 0.25) is 11.8 Å². The Labute approximate surface area is 131 Å². The highest BCUT2D eigenvalue weighted by molar-refractivity contribution is 14.1. The Bertz CT molecular complexity index is 677. The van der Waals surface area contributed by atoms with Crippen molar-refractivity contribution >= 4 is 46.2 Å². The molecule has 2 heterocycles. The smallest absolute Gasteiger partial charge is 0.265 e. The van der Waals surface area contributed by atoms with E-state index in [4.69, 9.17) is 0 Å². The Hall–Kier alpha value is -1.84. The first-order valence-electron chi connectivity index (χ1n) is 6.11. The maximum Gasteiger partial charge on any atom is 0.265 e. The van der Waals surface area contributed by atoms with Crippen molar-refractivity contribution in [3.63, 3.8) is 0 Å². The zero-order valence-electron chi connectivity index (χ0n) is 10.5. The van der Waals surface area contributed by atoms with Gasteiger partial charge in [-0.2, -0.15) is 0 Å². The van der Waals surface area contributed by atoms with Crippen molar-refractivity contribution in [3.05, 3.63) is 32.6 Å². The van der Waals surface area contributed by atoms with Crippen LogP contribution < -0.4 is 5.32 Å². The summed E-state index contributed by atoms with van der Waals surface area (Å²) in [6, 6.07) is 1.43. The van der Waals surface area contributed by atoms with Gasteiger partial charge >= 0.3 is 0 Å². The molecule has 2 aliphatic heterocycles. The molecule has 1 atom stereocenters. The van der Waals surface area contributed by atoms with Gasteiger partial charge < -0.3 is 0 Å². The zero-order chi connectivity index (χ0) is 15.3. The quantitative estimate of drug-likeness (QED) is 0.558. The SMILES string of the molecule is O=C1CCC(N2C(=O)c3c(F)ccc(I)c3C2=O)C(=O)N1. The Morgan fingerprint density at radius 3 is 2.43 bits per heavy atom. The third-order valence-electron chi connectivity index (χ3n) is 3.49. The third-order valence-corrected chi connectivity index (χ3v) is 4.39. The lowest BCUT2D eigenvalue weighted by atomic mass is 10.0. The summed E-state index contributed by atoms with van der Waals surface area (Å²) in [7, 11) is 0. The van der Waals surface area contributed by atoms with Gasteiger partial charge in [-0.15, -0.1) is 0 Å². The second-order valence-corrected chi connectivity index (χ2v) is 5.89. The normalized spacial score (nSPS) is 21.6. The van der Waals surface area contributed by atoms with Gasteiger partial charge in [0, 0.05) is 9.99 Å². The third kappa shape index (κ3) is 2.04. The number of hydrogen-bond acceptors (Lipinski definition) is 4. The van der Waals surface area contributed by atoms with Gasteiger partial charge in [0.05, 0.1) is 11.1 Å². The van der Waals surface area contributed by atoms with E-state index in [0.29, 0.717) is 3.57 Å². The summed E-state index contributed by atoms with van der Waals surface area (Å²) in [5.74, 6) is -3.49. The second-order valence-electron chi connectivity index (χ2n) is 4.73. The average Bonchev–Trinajstić information content (AvgIpc) is 2.68. The van der Waals surface area contributed by atoms with E-state index in [0.717, 1.165) is 11.0 Å². The van der Waals surface area contributed by atoms with E-state index in [1.54, 1.807) is 0 Å². The van der Waals surface area contributed by atoms with Crippen molar-refractivity contribution in [2.24, 2.45) is 0 Å². The van der Waals surface area contributed by atoms with Crippen LogP contribution >= 0.6 is 22.6 Å². The summed E-state index contributed by atoms with van der Waals surface area (Å²) >= 11 is 1.84. The Balaban J connectivity index is 2.05. The number of nitrogens with zero attached hydrogens (tertiary/aromatic N) is 1. The maximum atomic E-state index is 13.8. The molecule has 1 fully saturated rings. The second kappa shape index (κ2) is 4.86. The number of fused-ring (bicyclic) bond motifs is 1. The molecule has 3 rings (SSSR count). The predicted molar refractivity (Wildman–Crippen MR) is 75.8 cm³/mol. The molecule has 0 aromatic heterocycles. The van der Waals surface area contributed by atoms with Gasteiger partial charge in [-0.05, 0) is 41.1 Å². The number of carbonyl (C=O) groups excluding carboxylic acids is 4. The minimum absolute atomic E-state index is 0.0229. The van der Waals surface area contributed by atoms with E-state index in [9.17, 15) is 23.6 Å². The fourth-order valence-corrected chi connectivity index (χ4v) is 3.19. The van der Waals surface area contributed by atoms with Gasteiger partial charge in [-0.25, -0.2) is 4.39 Å². The van der Waals surface area contributed by atoms with Crippen molar-refractivity contribution < 1.29 is 23.6 Å². The molecule has 6 nitrogen and oxygen atoms in total. The van der Waals surface area contributed by atoms with Crippen molar-refractivity contribution in [1.29, 1.82) is 0 Å². The Morgan fingerprint density at radius 2 is 1.81 bits per heavy atom. The molecule has 108 valence electrons. The first kappa shape index (κ1) is 14.1. The van der Waals surface area contributed by atoms with E-state index >= 15 is 0 Å². The zero-order valence-corrected chi connectivity index (χ0v) is 12.6. The van der Waals surface area contributed by atoms with Gasteiger partial charge in [-0.1, -0.05) is 0 Å². The summed E-state index contributed by atoms with van der Waals surface area (Å²) in [5, 5.41) is 2.08. The first-order valence-corrected chi connectivity index (χ1v) is 7.19. The van der Waals surface area contributed by atoms with Crippen LogP contribution in [0.3, 0.4) is 0 Å². The molecule has 0 aliphatic carbocycles. The van der Waals surface area contributed by atoms with Gasteiger partial charge in [-0.3, -0.25) is 29.4 Å². The molecule has 1 saturated heterocycles. The highest BCUT2D eigenvalue weighted by atomic mass is 127. The average molecular weight is 402 g/mol. The lowest BCUT2D eigenvalue weighted by Gasteiger charge is -2.27. The van der Waals surface area contributed by atoms with Crippen molar-refractivity contribution in [2.75, 3.05) is 0 Å². The molecule has 1 unspecified atom stereocenters. The molecular formula is C13H8FIN2O4. The van der Waals surface area contributed by atoms with Crippen LogP contribution in [-0.2, 0) is 9.59 Å². The number of imide groups is 2. The summed E-state index contributed by atoms with van der Waals surface area (Å²) < 4.78 is 14.3. The summed E-state index contributed by atoms with van der Waals surface area (Å²) in [6.07, 6.45) is 0.0811. The van der Waals surface area contributed by atoms with E-state index in [-0.39, 0.29) is 24.0 Å². The highest BCUT2D eigenvalue weighted by Gasteiger charge is 2.46. The maximum absolute atomic E-state index is 13.8. The number of nitrogens with one attached hydrogen (secondary N) is 1. The number of hydrogen-bond donors (Lipinski definition) is 1. The Kier molecular flexibility index (Phi) is 3.27. The van der Waals surface area contributed by atoms with Crippen LogP contribution in [0.25, 0.3) is 0 Å². The van der Waals surface area contributed by atoms with E-state index in [2.05, 4.69) is 5.32 Å². The molecule has 1 aromatic carbocycles. The van der Waals surface area contributed by atoms with Crippen LogP contribution in [0.4, 0.5) is 4.39 Å². The molecule has 1 aromatic rings. The van der Waals surface area contributed by atoms with Crippen LogP contribution in [0, 0.1) is 9.39 Å². The number of halogens is 2. The number of piperidine rings is 1. The molecule has 0 saturated carbocycles. The standard InChI is InChI=1S/C13H8FIN2O4/c14-5-1-2-6(15)10-9(5)12(20)17(13(10)21)7-3-4-8(18)16-11(7)19/h1-2,7H,3-4H2,(H,16,18,19). The van der Waals surface area contributed by atoms with Crippen molar-refractivity contribution in [1.82, 2.24) is 10.2 Å². The minimum Gasteiger partial charge on any atom is -0.295 e. The van der Waals surface area contributed by atoms with E-state index in [1.165, 1.54) is 6.07 Å². The molecule has 1 N–H and O–H groups in total. The fraction of sp³-hybridized carbons (Fsp3) is 0.231. The van der Waals surface area contributed by atoms with Crippen LogP contribution in [-0.4, -0.2) is 34.6 Å². The Morgan fingerprint density at radius 1 is 1.14 bits per heavy atom. The number of benzene rings is 1. The molecule has 0 radical (unpaired) electrons. The molecule has 2 aliphatic rings. The first-order chi connectivity index (χ1) is 9.91. The number of rotatable bonds is 1. The van der Waals surface area contributed by atoms with Gasteiger partial charge in [0.25, 0.3) is 11.8 Å². The number of amides is 4. The molecule has 4 amide bonds. The van der Waals surface area contributed by atoms with Crippen LogP contribution in [0.5, 0.6) is 0 Å². The van der Waals surface area contributed by atoms with E-state index in [1.807, 2.05) is 22.6 Å². The van der Waals surface area contributed by atoms with Gasteiger partial charge in [0.15, 0.2) is 0 Å². The number of carbonyl (C=O) groups is 4. The topological polar surface area (TPSA) is 83.6 Å². The predicted octanol–water partition coefficient (Wildman–Crippen LogP) is 0.832. The van der Waals surface area contributed by atoms with Crippen molar-refractivity contribution in [2.45, 2.75) is 18.9 Å². The van der Waals surface area contributed by atoms with Crippen LogP contribution in [0.15, 0.2) is 12.1 Å². The van der Waals surface area contributed by atoms with Crippen LogP contribution in [0.2, 0.25) is 0 Å². The fourth-order valence-electron chi connectivity index (χ4n) is 2.51. The molecule has 21 heavy (non-hydrogen) atoms. The van der Waals surface area contributed by atoms with Crippen LogP contribution in [0.1, 0.15) is 33.6 Å². The molecule has 0 spiro atoms.